The summed E-state index contributed by atoms with van der Waals surface area (Å²) in [6.07, 6.45) is 1.67. The Labute approximate surface area is 125 Å². The number of benzene rings is 1. The van der Waals surface area contributed by atoms with Crippen LogP contribution in [0.15, 0.2) is 30.9 Å². The van der Waals surface area contributed by atoms with Crippen LogP contribution in [-0.2, 0) is 0 Å². The second-order valence-electron chi connectivity index (χ2n) is 5.02. The molecule has 0 aromatic heterocycles. The Morgan fingerprint density at radius 1 is 1.52 bits per heavy atom. The first kappa shape index (κ1) is 15.4. The van der Waals surface area contributed by atoms with E-state index in [9.17, 15) is 4.79 Å². The van der Waals surface area contributed by atoms with Gasteiger partial charge in [-0.15, -0.1) is 0 Å². The SMILES string of the molecule is C=CCOc1ccc(C(=O)N2CCNCC2C)cc1OC. The Balaban J connectivity index is 2.19. The van der Waals surface area contributed by atoms with E-state index in [0.717, 1.165) is 19.6 Å². The molecule has 0 saturated carbocycles. The number of piperazine rings is 1. The zero-order valence-electron chi connectivity index (χ0n) is 12.6. The molecule has 1 aromatic rings. The normalized spacial score (nSPS) is 18.2. The number of hydrogen-bond acceptors (Lipinski definition) is 4. The molecule has 114 valence electrons. The van der Waals surface area contributed by atoms with Crippen molar-refractivity contribution in [2.45, 2.75) is 13.0 Å². The minimum atomic E-state index is 0.0255. The Bertz CT molecular complexity index is 516. The van der Waals surface area contributed by atoms with E-state index in [1.165, 1.54) is 0 Å². The summed E-state index contributed by atoms with van der Waals surface area (Å²) in [6.45, 7) is 8.43. The lowest BCUT2D eigenvalue weighted by Crippen LogP contribution is -2.52. The highest BCUT2D eigenvalue weighted by molar-refractivity contribution is 5.95. The summed E-state index contributed by atoms with van der Waals surface area (Å²) in [5.74, 6) is 1.20. The van der Waals surface area contributed by atoms with Crippen LogP contribution in [0.1, 0.15) is 17.3 Å². The predicted molar refractivity (Wildman–Crippen MR) is 82.1 cm³/mol. The van der Waals surface area contributed by atoms with Gasteiger partial charge in [-0.1, -0.05) is 12.7 Å². The molecule has 1 N–H and O–H groups in total. The highest BCUT2D eigenvalue weighted by Gasteiger charge is 2.24. The van der Waals surface area contributed by atoms with Crippen LogP contribution in [-0.4, -0.2) is 50.2 Å². The van der Waals surface area contributed by atoms with E-state index in [4.69, 9.17) is 9.47 Å². The molecule has 5 nitrogen and oxygen atoms in total. The smallest absolute Gasteiger partial charge is 0.254 e. The van der Waals surface area contributed by atoms with E-state index in [2.05, 4.69) is 11.9 Å². The van der Waals surface area contributed by atoms with Crippen LogP contribution >= 0.6 is 0 Å². The molecule has 1 aliphatic rings. The number of amides is 1. The van der Waals surface area contributed by atoms with Gasteiger partial charge >= 0.3 is 0 Å². The number of rotatable bonds is 5. The fourth-order valence-electron chi connectivity index (χ4n) is 2.38. The molecule has 1 heterocycles. The highest BCUT2D eigenvalue weighted by atomic mass is 16.5. The van der Waals surface area contributed by atoms with Crippen LogP contribution in [0.2, 0.25) is 0 Å². The topological polar surface area (TPSA) is 50.8 Å². The third-order valence-electron chi connectivity index (χ3n) is 3.53. The molecule has 1 atom stereocenters. The summed E-state index contributed by atoms with van der Waals surface area (Å²) in [5.41, 5.74) is 0.617. The number of nitrogens with one attached hydrogen (secondary N) is 1. The lowest BCUT2D eigenvalue weighted by Gasteiger charge is -2.34. The molecule has 1 saturated heterocycles. The first-order valence-corrected chi connectivity index (χ1v) is 7.10. The van der Waals surface area contributed by atoms with Crippen LogP contribution < -0.4 is 14.8 Å². The van der Waals surface area contributed by atoms with Crippen LogP contribution in [0.5, 0.6) is 11.5 Å². The number of methoxy groups -OCH3 is 1. The fraction of sp³-hybridized carbons (Fsp3) is 0.438. The van der Waals surface area contributed by atoms with Crippen LogP contribution in [0.3, 0.4) is 0 Å². The molecule has 0 aliphatic carbocycles. The zero-order valence-corrected chi connectivity index (χ0v) is 12.6. The molecule has 5 heteroatoms. The molecule has 1 unspecified atom stereocenters. The van der Waals surface area contributed by atoms with Crippen LogP contribution in [0, 0.1) is 0 Å². The summed E-state index contributed by atoms with van der Waals surface area (Å²) < 4.78 is 10.8. The first-order chi connectivity index (χ1) is 10.2. The lowest BCUT2D eigenvalue weighted by atomic mass is 10.1. The van der Waals surface area contributed by atoms with Gasteiger partial charge < -0.3 is 19.7 Å². The quantitative estimate of drug-likeness (QED) is 0.839. The van der Waals surface area contributed by atoms with E-state index in [0.29, 0.717) is 23.7 Å². The summed E-state index contributed by atoms with van der Waals surface area (Å²) in [5, 5.41) is 3.28. The largest absolute Gasteiger partial charge is 0.493 e. The molecule has 1 amide bonds. The van der Waals surface area contributed by atoms with Gasteiger partial charge in [-0.2, -0.15) is 0 Å². The standard InChI is InChI=1S/C16H22N2O3/c1-4-9-21-14-6-5-13(10-15(14)20-3)16(19)18-8-7-17-11-12(18)2/h4-6,10,12,17H,1,7-9,11H2,2-3H3. The molecule has 0 spiro atoms. The van der Waals surface area contributed by atoms with Crippen molar-refractivity contribution in [1.29, 1.82) is 0 Å². The average molecular weight is 290 g/mol. The van der Waals surface area contributed by atoms with Crippen LogP contribution in [0.25, 0.3) is 0 Å². The van der Waals surface area contributed by atoms with Gasteiger partial charge in [0.15, 0.2) is 11.5 Å². The molecular weight excluding hydrogens is 268 g/mol. The fourth-order valence-corrected chi connectivity index (χ4v) is 2.38. The highest BCUT2D eigenvalue weighted by Crippen LogP contribution is 2.28. The lowest BCUT2D eigenvalue weighted by molar-refractivity contribution is 0.0655. The van der Waals surface area contributed by atoms with Gasteiger partial charge in [0.05, 0.1) is 7.11 Å². The van der Waals surface area contributed by atoms with Crippen molar-refractivity contribution in [3.8, 4) is 11.5 Å². The van der Waals surface area contributed by atoms with Crippen molar-refractivity contribution in [3.63, 3.8) is 0 Å². The Morgan fingerprint density at radius 2 is 2.33 bits per heavy atom. The molecule has 1 aromatic carbocycles. The monoisotopic (exact) mass is 290 g/mol. The van der Waals surface area contributed by atoms with E-state index in [1.54, 1.807) is 31.4 Å². The van der Waals surface area contributed by atoms with E-state index < -0.39 is 0 Å². The van der Waals surface area contributed by atoms with Crippen molar-refractivity contribution in [3.05, 3.63) is 36.4 Å². The summed E-state index contributed by atoms with van der Waals surface area (Å²) in [4.78, 5) is 14.5. The number of carbonyl (C=O) groups is 1. The number of ether oxygens (including phenoxy) is 2. The number of hydrogen-bond donors (Lipinski definition) is 1. The van der Waals surface area contributed by atoms with Gasteiger partial charge in [0, 0.05) is 31.2 Å². The number of nitrogens with zero attached hydrogens (tertiary/aromatic N) is 1. The molecular formula is C16H22N2O3. The second kappa shape index (κ2) is 7.13. The van der Waals surface area contributed by atoms with E-state index in [-0.39, 0.29) is 11.9 Å². The Hall–Kier alpha value is -2.01. The second-order valence-corrected chi connectivity index (χ2v) is 5.02. The molecule has 0 bridgehead atoms. The van der Waals surface area contributed by atoms with Gasteiger partial charge in [-0.25, -0.2) is 0 Å². The molecule has 1 aliphatic heterocycles. The maximum atomic E-state index is 12.6. The van der Waals surface area contributed by atoms with Crippen molar-refractivity contribution >= 4 is 5.91 Å². The third kappa shape index (κ3) is 3.55. The van der Waals surface area contributed by atoms with Crippen LogP contribution in [0.4, 0.5) is 0 Å². The van der Waals surface area contributed by atoms with Crippen molar-refractivity contribution in [2.75, 3.05) is 33.4 Å². The van der Waals surface area contributed by atoms with Gasteiger partial charge in [0.25, 0.3) is 5.91 Å². The Kier molecular flexibility index (Phi) is 5.22. The molecule has 0 radical (unpaired) electrons. The van der Waals surface area contributed by atoms with Gasteiger partial charge in [0.2, 0.25) is 0 Å². The number of carbonyl (C=O) groups excluding carboxylic acids is 1. The van der Waals surface area contributed by atoms with E-state index >= 15 is 0 Å². The summed E-state index contributed by atoms with van der Waals surface area (Å²) >= 11 is 0. The minimum absolute atomic E-state index is 0.0255. The van der Waals surface area contributed by atoms with Crippen molar-refractivity contribution in [2.24, 2.45) is 0 Å². The molecule has 21 heavy (non-hydrogen) atoms. The summed E-state index contributed by atoms with van der Waals surface area (Å²) in [6, 6.07) is 5.46. The zero-order chi connectivity index (χ0) is 15.2. The van der Waals surface area contributed by atoms with Crippen molar-refractivity contribution in [1.82, 2.24) is 10.2 Å². The first-order valence-electron chi connectivity index (χ1n) is 7.10. The maximum absolute atomic E-state index is 12.6. The molecule has 1 fully saturated rings. The van der Waals surface area contributed by atoms with E-state index in [1.807, 2.05) is 11.8 Å². The minimum Gasteiger partial charge on any atom is -0.493 e. The Morgan fingerprint density at radius 3 is 3.00 bits per heavy atom. The predicted octanol–water partition coefficient (Wildman–Crippen LogP) is 1.69. The maximum Gasteiger partial charge on any atom is 0.254 e. The van der Waals surface area contributed by atoms with Gasteiger partial charge in [0.1, 0.15) is 6.61 Å². The van der Waals surface area contributed by atoms with Crippen molar-refractivity contribution < 1.29 is 14.3 Å². The average Bonchev–Trinajstić information content (AvgIpc) is 2.52. The van der Waals surface area contributed by atoms with Gasteiger partial charge in [-0.3, -0.25) is 4.79 Å². The summed E-state index contributed by atoms with van der Waals surface area (Å²) in [7, 11) is 1.57. The molecule has 2 rings (SSSR count). The van der Waals surface area contributed by atoms with Gasteiger partial charge in [-0.05, 0) is 25.1 Å². The third-order valence-corrected chi connectivity index (χ3v) is 3.53.